The highest BCUT2D eigenvalue weighted by Crippen LogP contribution is 2.35. The zero-order chi connectivity index (χ0) is 21.1. The minimum atomic E-state index is -3.81. The van der Waals surface area contributed by atoms with Gasteiger partial charge in [0.15, 0.2) is 0 Å². The van der Waals surface area contributed by atoms with Crippen LogP contribution >= 0.6 is 11.3 Å². The van der Waals surface area contributed by atoms with Crippen molar-refractivity contribution in [1.82, 2.24) is 4.90 Å². The van der Waals surface area contributed by atoms with Crippen molar-refractivity contribution in [2.75, 3.05) is 18.4 Å². The van der Waals surface area contributed by atoms with Gasteiger partial charge in [0.05, 0.1) is 23.7 Å². The van der Waals surface area contributed by atoms with Crippen LogP contribution < -0.4 is 9.46 Å². The van der Waals surface area contributed by atoms with Crippen molar-refractivity contribution < 1.29 is 17.9 Å². The summed E-state index contributed by atoms with van der Waals surface area (Å²) in [7, 11) is -2.33. The number of thiophene rings is 1. The molecule has 1 N–H and O–H groups in total. The average molecular weight is 443 g/mol. The van der Waals surface area contributed by atoms with E-state index in [1.54, 1.807) is 47.7 Å². The van der Waals surface area contributed by atoms with Gasteiger partial charge in [0.2, 0.25) is 0 Å². The van der Waals surface area contributed by atoms with E-state index in [0.717, 1.165) is 12.8 Å². The summed E-state index contributed by atoms with van der Waals surface area (Å²) in [6, 6.07) is 17.0. The van der Waals surface area contributed by atoms with Crippen LogP contribution in [-0.2, 0) is 10.0 Å². The number of amides is 1. The van der Waals surface area contributed by atoms with Crippen molar-refractivity contribution in [3.8, 4) is 5.75 Å². The van der Waals surface area contributed by atoms with E-state index in [0.29, 0.717) is 23.5 Å². The van der Waals surface area contributed by atoms with E-state index in [1.807, 2.05) is 16.3 Å². The second-order valence-electron chi connectivity index (χ2n) is 7.00. The fourth-order valence-corrected chi connectivity index (χ4v) is 5.61. The lowest BCUT2D eigenvalue weighted by molar-refractivity contribution is 0.0738. The third kappa shape index (κ3) is 4.06. The normalized spacial score (nSPS) is 16.4. The molecule has 1 aliphatic heterocycles. The number of hydrogen-bond acceptors (Lipinski definition) is 5. The summed E-state index contributed by atoms with van der Waals surface area (Å²) in [6.07, 6.45) is 1.91. The number of anilines is 1. The second kappa shape index (κ2) is 8.49. The van der Waals surface area contributed by atoms with Gasteiger partial charge in [-0.05, 0) is 60.7 Å². The van der Waals surface area contributed by atoms with Crippen molar-refractivity contribution in [3.63, 3.8) is 0 Å². The van der Waals surface area contributed by atoms with E-state index in [-0.39, 0.29) is 16.8 Å². The monoisotopic (exact) mass is 442 g/mol. The number of nitrogens with one attached hydrogen (secondary N) is 1. The molecule has 0 radical (unpaired) electrons. The van der Waals surface area contributed by atoms with Gasteiger partial charge in [-0.2, -0.15) is 0 Å². The molecule has 156 valence electrons. The molecule has 0 bridgehead atoms. The van der Waals surface area contributed by atoms with E-state index in [4.69, 9.17) is 4.74 Å². The van der Waals surface area contributed by atoms with Gasteiger partial charge in [-0.1, -0.05) is 18.2 Å². The predicted molar refractivity (Wildman–Crippen MR) is 118 cm³/mol. The molecule has 1 aromatic heterocycles. The molecule has 0 aliphatic carbocycles. The Labute approximate surface area is 180 Å². The molecule has 1 aliphatic rings. The average Bonchev–Trinajstić information content (AvgIpc) is 3.45. The first-order valence-electron chi connectivity index (χ1n) is 9.60. The highest BCUT2D eigenvalue weighted by Gasteiger charge is 2.31. The van der Waals surface area contributed by atoms with Gasteiger partial charge in [-0.15, -0.1) is 11.3 Å². The minimum absolute atomic E-state index is 0.0764. The lowest BCUT2D eigenvalue weighted by atomic mass is 10.1. The van der Waals surface area contributed by atoms with Gasteiger partial charge in [0, 0.05) is 17.0 Å². The van der Waals surface area contributed by atoms with Gasteiger partial charge in [0.1, 0.15) is 5.75 Å². The highest BCUT2D eigenvalue weighted by molar-refractivity contribution is 7.92. The van der Waals surface area contributed by atoms with Gasteiger partial charge in [-0.3, -0.25) is 9.52 Å². The summed E-state index contributed by atoms with van der Waals surface area (Å²) >= 11 is 1.65. The Bertz CT molecular complexity index is 1130. The Morgan fingerprint density at radius 2 is 1.87 bits per heavy atom. The maximum absolute atomic E-state index is 13.0. The molecule has 1 atom stereocenters. The number of rotatable bonds is 6. The van der Waals surface area contributed by atoms with Crippen molar-refractivity contribution in [1.29, 1.82) is 0 Å². The third-order valence-corrected chi connectivity index (χ3v) is 7.50. The van der Waals surface area contributed by atoms with Crippen LogP contribution in [0, 0.1) is 0 Å². The number of ether oxygens (including phenoxy) is 1. The molecule has 4 rings (SSSR count). The van der Waals surface area contributed by atoms with Gasteiger partial charge >= 0.3 is 0 Å². The maximum atomic E-state index is 13.0. The lowest BCUT2D eigenvalue weighted by Crippen LogP contribution is -2.30. The standard InChI is InChI=1S/C22H22N2O4S2/c1-28-20-8-3-2-6-18(20)23-30(26,27)17-12-10-16(11-13-17)22(25)24-14-4-7-19(24)21-9-5-15-29-21/h2-3,5-6,8-13,15,19,23H,4,7,14H2,1H3. The number of likely N-dealkylation sites (tertiary alicyclic amines) is 1. The van der Waals surface area contributed by atoms with Gasteiger partial charge < -0.3 is 9.64 Å². The molecule has 1 saturated heterocycles. The van der Waals surface area contributed by atoms with E-state index in [2.05, 4.69) is 10.8 Å². The van der Waals surface area contributed by atoms with Crippen LogP contribution in [0.2, 0.25) is 0 Å². The summed E-state index contributed by atoms with van der Waals surface area (Å²) in [5.41, 5.74) is 0.839. The molecular formula is C22H22N2O4S2. The Morgan fingerprint density at radius 3 is 2.57 bits per heavy atom. The number of carbonyl (C=O) groups is 1. The van der Waals surface area contributed by atoms with Crippen molar-refractivity contribution >= 4 is 33.0 Å². The maximum Gasteiger partial charge on any atom is 0.262 e. The van der Waals surface area contributed by atoms with Gasteiger partial charge in [-0.25, -0.2) is 8.42 Å². The first kappa shape index (κ1) is 20.4. The first-order chi connectivity index (χ1) is 14.5. The highest BCUT2D eigenvalue weighted by atomic mass is 32.2. The fourth-order valence-electron chi connectivity index (χ4n) is 3.66. The number of nitrogens with zero attached hydrogens (tertiary/aromatic N) is 1. The number of carbonyl (C=O) groups excluding carboxylic acids is 1. The number of sulfonamides is 1. The number of para-hydroxylation sites is 2. The minimum Gasteiger partial charge on any atom is -0.495 e. The third-order valence-electron chi connectivity index (χ3n) is 5.15. The molecule has 1 fully saturated rings. The smallest absolute Gasteiger partial charge is 0.262 e. The topological polar surface area (TPSA) is 75.7 Å². The largest absolute Gasteiger partial charge is 0.495 e. The molecule has 0 saturated carbocycles. The van der Waals surface area contributed by atoms with Crippen LogP contribution in [-0.4, -0.2) is 32.9 Å². The molecular weight excluding hydrogens is 420 g/mol. The SMILES string of the molecule is COc1ccccc1NS(=O)(=O)c1ccc(C(=O)N2CCCC2c2cccs2)cc1. The molecule has 3 aromatic rings. The zero-order valence-corrected chi connectivity index (χ0v) is 18.1. The first-order valence-corrected chi connectivity index (χ1v) is 12.0. The van der Waals surface area contributed by atoms with Crippen LogP contribution in [0.15, 0.2) is 70.9 Å². The lowest BCUT2D eigenvalue weighted by Gasteiger charge is -2.24. The van der Waals surface area contributed by atoms with Gasteiger partial charge in [0.25, 0.3) is 15.9 Å². The van der Waals surface area contributed by atoms with Crippen LogP contribution in [0.1, 0.15) is 34.1 Å². The summed E-state index contributed by atoms with van der Waals surface area (Å²) in [6.45, 7) is 0.705. The molecule has 0 spiro atoms. The van der Waals surface area contributed by atoms with Crippen molar-refractivity contribution in [3.05, 3.63) is 76.5 Å². The molecule has 6 nitrogen and oxygen atoms in total. The molecule has 1 unspecified atom stereocenters. The van der Waals surface area contributed by atoms with E-state index in [9.17, 15) is 13.2 Å². The van der Waals surface area contributed by atoms with Crippen LogP contribution in [0.5, 0.6) is 5.75 Å². The summed E-state index contributed by atoms with van der Waals surface area (Å²) in [5, 5.41) is 2.02. The Kier molecular flexibility index (Phi) is 5.78. The number of methoxy groups -OCH3 is 1. The Hall–Kier alpha value is -2.84. The predicted octanol–water partition coefficient (Wildman–Crippen LogP) is 4.53. The summed E-state index contributed by atoms with van der Waals surface area (Å²) in [4.78, 5) is 16.2. The number of benzene rings is 2. The molecule has 8 heteroatoms. The van der Waals surface area contributed by atoms with Crippen LogP contribution in [0.25, 0.3) is 0 Å². The van der Waals surface area contributed by atoms with Crippen LogP contribution in [0.3, 0.4) is 0 Å². The summed E-state index contributed by atoms with van der Waals surface area (Å²) < 4.78 is 33.2. The van der Waals surface area contributed by atoms with Crippen LogP contribution in [0.4, 0.5) is 5.69 Å². The molecule has 2 aromatic carbocycles. The van der Waals surface area contributed by atoms with E-state index in [1.165, 1.54) is 24.1 Å². The Morgan fingerprint density at radius 1 is 1.10 bits per heavy atom. The van der Waals surface area contributed by atoms with E-state index < -0.39 is 10.0 Å². The van der Waals surface area contributed by atoms with E-state index >= 15 is 0 Å². The number of hydrogen-bond donors (Lipinski definition) is 1. The molecule has 1 amide bonds. The quantitative estimate of drug-likeness (QED) is 0.608. The zero-order valence-electron chi connectivity index (χ0n) is 16.4. The fraction of sp³-hybridized carbons (Fsp3) is 0.227. The molecule has 30 heavy (non-hydrogen) atoms. The molecule has 2 heterocycles. The Balaban J connectivity index is 1.53. The van der Waals surface area contributed by atoms with Crippen molar-refractivity contribution in [2.45, 2.75) is 23.8 Å². The van der Waals surface area contributed by atoms with Crippen molar-refractivity contribution in [2.24, 2.45) is 0 Å². The summed E-state index contributed by atoms with van der Waals surface area (Å²) in [5.74, 6) is 0.356. The second-order valence-corrected chi connectivity index (χ2v) is 9.66.